The first-order valence-electron chi connectivity index (χ1n) is 5.31. The Hall–Kier alpha value is -0.530. The van der Waals surface area contributed by atoms with Crippen LogP contribution in [0, 0.1) is 11.8 Å². The summed E-state index contributed by atoms with van der Waals surface area (Å²) in [5.41, 5.74) is 0.0292. The largest absolute Gasteiger partial charge is 0.337 e. The molecular formula is C11H19NO. The van der Waals surface area contributed by atoms with E-state index in [1.54, 1.807) is 0 Å². The van der Waals surface area contributed by atoms with Gasteiger partial charge in [0.1, 0.15) is 0 Å². The normalized spacial score (nSPS) is 34.1. The highest BCUT2D eigenvalue weighted by Crippen LogP contribution is 2.40. The molecule has 0 radical (unpaired) electrons. The van der Waals surface area contributed by atoms with Crippen LogP contribution in [0.1, 0.15) is 40.0 Å². The quantitative estimate of drug-likeness (QED) is 0.560. The Morgan fingerprint density at radius 1 is 1.31 bits per heavy atom. The molecule has 0 N–H and O–H groups in total. The van der Waals surface area contributed by atoms with Gasteiger partial charge in [0, 0.05) is 18.0 Å². The third-order valence-corrected chi connectivity index (χ3v) is 3.47. The number of fused-ring (bicyclic) bond motifs is 1. The van der Waals surface area contributed by atoms with Crippen molar-refractivity contribution in [3.8, 4) is 0 Å². The Morgan fingerprint density at radius 3 is 2.54 bits per heavy atom. The van der Waals surface area contributed by atoms with E-state index in [1.165, 1.54) is 12.8 Å². The van der Waals surface area contributed by atoms with Gasteiger partial charge in [-0.3, -0.25) is 4.79 Å². The molecule has 1 aliphatic carbocycles. The Bertz CT molecular complexity index is 229. The molecule has 0 aromatic heterocycles. The zero-order chi connectivity index (χ0) is 9.64. The van der Waals surface area contributed by atoms with E-state index in [-0.39, 0.29) is 5.54 Å². The molecule has 1 aliphatic heterocycles. The second-order valence-corrected chi connectivity index (χ2v) is 5.42. The van der Waals surface area contributed by atoms with Crippen LogP contribution in [0.25, 0.3) is 0 Å². The van der Waals surface area contributed by atoms with Gasteiger partial charge in [-0.1, -0.05) is 6.42 Å². The number of rotatable bonds is 0. The van der Waals surface area contributed by atoms with Gasteiger partial charge >= 0.3 is 0 Å². The van der Waals surface area contributed by atoms with Crippen molar-refractivity contribution in [2.24, 2.45) is 11.8 Å². The fourth-order valence-corrected chi connectivity index (χ4v) is 2.71. The predicted octanol–water partition coefficient (Wildman–Crippen LogP) is 2.04. The van der Waals surface area contributed by atoms with E-state index in [4.69, 9.17) is 0 Å². The minimum Gasteiger partial charge on any atom is -0.337 e. The standard InChI is InChI=1S/C11H19NO/c1-11(2,3)12-7-8-5-4-6-9(8)10(12)13/h8-9H,4-7H2,1-3H3/t8-,9-/m0/s1. The number of carbonyl (C=O) groups is 1. The highest BCUT2D eigenvalue weighted by atomic mass is 16.2. The topological polar surface area (TPSA) is 20.3 Å². The molecule has 2 aliphatic rings. The zero-order valence-corrected chi connectivity index (χ0v) is 8.84. The van der Waals surface area contributed by atoms with Gasteiger partial charge in [-0.2, -0.15) is 0 Å². The fraction of sp³-hybridized carbons (Fsp3) is 0.909. The maximum atomic E-state index is 12.0. The number of carbonyl (C=O) groups excluding carboxylic acids is 1. The van der Waals surface area contributed by atoms with Crippen LogP contribution in [0.3, 0.4) is 0 Å². The monoisotopic (exact) mass is 181 g/mol. The summed E-state index contributed by atoms with van der Waals surface area (Å²) < 4.78 is 0. The minimum atomic E-state index is 0.0292. The van der Waals surface area contributed by atoms with E-state index in [0.29, 0.717) is 17.7 Å². The zero-order valence-electron chi connectivity index (χ0n) is 8.84. The summed E-state index contributed by atoms with van der Waals surface area (Å²) in [7, 11) is 0. The highest BCUT2D eigenvalue weighted by molar-refractivity contribution is 5.82. The summed E-state index contributed by atoms with van der Waals surface area (Å²) in [4.78, 5) is 14.0. The highest BCUT2D eigenvalue weighted by Gasteiger charge is 2.46. The lowest BCUT2D eigenvalue weighted by Crippen LogP contribution is -2.43. The molecule has 0 aromatic rings. The first kappa shape index (κ1) is 9.04. The van der Waals surface area contributed by atoms with Crippen molar-refractivity contribution in [1.82, 2.24) is 4.90 Å². The number of likely N-dealkylation sites (tertiary alicyclic amines) is 1. The number of nitrogens with zero attached hydrogens (tertiary/aromatic N) is 1. The number of hydrogen-bond donors (Lipinski definition) is 0. The van der Waals surface area contributed by atoms with E-state index in [0.717, 1.165) is 13.0 Å². The van der Waals surface area contributed by atoms with Crippen LogP contribution in [-0.4, -0.2) is 22.9 Å². The second-order valence-electron chi connectivity index (χ2n) is 5.42. The Balaban J connectivity index is 2.15. The van der Waals surface area contributed by atoms with Gasteiger partial charge in [0.2, 0.25) is 5.91 Å². The molecule has 0 spiro atoms. The van der Waals surface area contributed by atoms with Gasteiger partial charge in [0.15, 0.2) is 0 Å². The second kappa shape index (κ2) is 2.73. The van der Waals surface area contributed by atoms with Crippen LogP contribution in [0.2, 0.25) is 0 Å². The molecule has 2 atom stereocenters. The molecule has 2 fully saturated rings. The van der Waals surface area contributed by atoms with E-state index < -0.39 is 0 Å². The van der Waals surface area contributed by atoms with Crippen molar-refractivity contribution in [2.45, 2.75) is 45.6 Å². The van der Waals surface area contributed by atoms with Crippen molar-refractivity contribution in [3.05, 3.63) is 0 Å². The molecule has 2 rings (SSSR count). The summed E-state index contributed by atoms with van der Waals surface area (Å²) >= 11 is 0. The van der Waals surface area contributed by atoms with Crippen LogP contribution in [0.5, 0.6) is 0 Å². The molecule has 1 heterocycles. The Kier molecular flexibility index (Phi) is 1.90. The van der Waals surface area contributed by atoms with Gasteiger partial charge in [0.05, 0.1) is 0 Å². The van der Waals surface area contributed by atoms with Gasteiger partial charge < -0.3 is 4.90 Å². The van der Waals surface area contributed by atoms with E-state index in [9.17, 15) is 4.79 Å². The summed E-state index contributed by atoms with van der Waals surface area (Å²) in [5, 5.41) is 0. The average molecular weight is 181 g/mol. The molecule has 1 saturated carbocycles. The van der Waals surface area contributed by atoms with Crippen molar-refractivity contribution < 1.29 is 4.79 Å². The number of amides is 1. The van der Waals surface area contributed by atoms with Crippen molar-refractivity contribution in [2.75, 3.05) is 6.54 Å². The Morgan fingerprint density at radius 2 is 2.00 bits per heavy atom. The van der Waals surface area contributed by atoms with E-state index in [2.05, 4.69) is 25.7 Å². The number of hydrogen-bond acceptors (Lipinski definition) is 1. The molecule has 2 heteroatoms. The molecule has 0 unspecified atom stereocenters. The summed E-state index contributed by atoms with van der Waals surface area (Å²) in [6, 6.07) is 0. The van der Waals surface area contributed by atoms with Gasteiger partial charge in [-0.15, -0.1) is 0 Å². The lowest BCUT2D eigenvalue weighted by atomic mass is 10.0. The maximum Gasteiger partial charge on any atom is 0.226 e. The van der Waals surface area contributed by atoms with Crippen LogP contribution in [-0.2, 0) is 4.79 Å². The first-order valence-corrected chi connectivity index (χ1v) is 5.31. The predicted molar refractivity (Wildman–Crippen MR) is 52.3 cm³/mol. The first-order chi connectivity index (χ1) is 6.00. The summed E-state index contributed by atoms with van der Waals surface area (Å²) in [6.07, 6.45) is 3.66. The molecule has 1 amide bonds. The van der Waals surface area contributed by atoms with E-state index >= 15 is 0 Å². The SMILES string of the molecule is CC(C)(C)N1C[C@@H]2CCC[C@@H]2C1=O. The van der Waals surface area contributed by atoms with Crippen LogP contribution < -0.4 is 0 Å². The van der Waals surface area contributed by atoms with Crippen molar-refractivity contribution in [1.29, 1.82) is 0 Å². The third-order valence-electron chi connectivity index (χ3n) is 3.47. The maximum absolute atomic E-state index is 12.0. The molecular weight excluding hydrogens is 162 g/mol. The van der Waals surface area contributed by atoms with Gasteiger partial charge in [-0.05, 0) is 39.5 Å². The lowest BCUT2D eigenvalue weighted by Gasteiger charge is -2.32. The van der Waals surface area contributed by atoms with Crippen LogP contribution in [0.15, 0.2) is 0 Å². The van der Waals surface area contributed by atoms with Gasteiger partial charge in [0.25, 0.3) is 0 Å². The van der Waals surface area contributed by atoms with E-state index in [1.807, 2.05) is 0 Å². The minimum absolute atomic E-state index is 0.0292. The summed E-state index contributed by atoms with van der Waals surface area (Å²) in [6.45, 7) is 7.40. The van der Waals surface area contributed by atoms with Gasteiger partial charge in [-0.25, -0.2) is 0 Å². The smallest absolute Gasteiger partial charge is 0.226 e. The molecule has 1 saturated heterocycles. The molecule has 0 bridgehead atoms. The third kappa shape index (κ3) is 1.36. The molecule has 13 heavy (non-hydrogen) atoms. The lowest BCUT2D eigenvalue weighted by molar-refractivity contribution is -0.134. The van der Waals surface area contributed by atoms with Crippen molar-refractivity contribution >= 4 is 5.91 Å². The van der Waals surface area contributed by atoms with Crippen molar-refractivity contribution in [3.63, 3.8) is 0 Å². The average Bonchev–Trinajstić information content (AvgIpc) is 2.51. The molecule has 74 valence electrons. The van der Waals surface area contributed by atoms with Crippen LogP contribution >= 0.6 is 0 Å². The van der Waals surface area contributed by atoms with Crippen LogP contribution in [0.4, 0.5) is 0 Å². The summed E-state index contributed by atoms with van der Waals surface area (Å²) in [5.74, 6) is 1.46. The Labute approximate surface area is 80.3 Å². The molecule has 0 aromatic carbocycles. The fourth-order valence-electron chi connectivity index (χ4n) is 2.71. The molecule has 2 nitrogen and oxygen atoms in total.